The van der Waals surface area contributed by atoms with Crippen molar-refractivity contribution < 1.29 is 145 Å². The summed E-state index contributed by atoms with van der Waals surface area (Å²) >= 11 is 0. The first-order chi connectivity index (χ1) is 35.3. The van der Waals surface area contributed by atoms with E-state index in [-0.39, 0.29) is 169 Å². The fourth-order valence-electron chi connectivity index (χ4n) is 8.62. The van der Waals surface area contributed by atoms with Gasteiger partial charge in [0.2, 0.25) is 5.36 Å². The number of hydrogen-bond donors (Lipinski definition) is 0. The van der Waals surface area contributed by atoms with Crippen molar-refractivity contribution in [3.63, 3.8) is 0 Å². The van der Waals surface area contributed by atoms with E-state index in [0.717, 1.165) is 16.5 Å². The zero-order valence-corrected chi connectivity index (χ0v) is 51.4. The molecule has 1 saturated heterocycles. The molecule has 77 heavy (non-hydrogen) atoms. The van der Waals surface area contributed by atoms with Gasteiger partial charge in [0.1, 0.15) is 34.7 Å². The number of hydrogen-bond acceptors (Lipinski definition) is 20. The molecule has 3 aliphatic heterocycles. The van der Waals surface area contributed by atoms with E-state index in [1.807, 2.05) is 40.7 Å². The molecule has 1 aromatic carbocycles. The molecule has 0 N–H and O–H groups in total. The Morgan fingerprint density at radius 3 is 1.87 bits per heavy atom. The maximum atomic E-state index is 12.3. The van der Waals surface area contributed by atoms with Crippen LogP contribution in [0.2, 0.25) is 0 Å². The summed E-state index contributed by atoms with van der Waals surface area (Å²) in [5, 5.41) is 1.26. The quantitative estimate of drug-likeness (QED) is 0.0210. The Bertz CT molecular complexity index is 2910. The number of imide groups is 1. The second-order valence-electron chi connectivity index (χ2n) is 18.9. The van der Waals surface area contributed by atoms with Crippen molar-refractivity contribution in [3.8, 4) is 11.3 Å². The largest absolute Gasteiger partial charge is 1.00 e. The molecule has 1 aliphatic carbocycles. The van der Waals surface area contributed by atoms with Crippen molar-refractivity contribution in [1.29, 1.82) is 0 Å². The van der Waals surface area contributed by atoms with Crippen molar-refractivity contribution in [3.05, 3.63) is 82.6 Å². The Morgan fingerprint density at radius 2 is 1.32 bits per heavy atom. The minimum atomic E-state index is -4.90. The Labute approximate surface area is 495 Å². The molecule has 0 aromatic heterocycles. The molecule has 1 fully saturated rings. The van der Waals surface area contributed by atoms with E-state index in [0.29, 0.717) is 53.2 Å². The average Bonchev–Trinajstić information content (AvgIpc) is 3.76. The fourth-order valence-corrected chi connectivity index (χ4v) is 10.1. The number of amides is 2. The number of carbonyl (C=O) groups excluding carboxylic acids is 3. The Morgan fingerprint density at radius 1 is 0.766 bits per heavy atom. The van der Waals surface area contributed by atoms with Gasteiger partial charge in [-0.05, 0) is 85.7 Å². The van der Waals surface area contributed by atoms with Gasteiger partial charge in [0.05, 0.1) is 104 Å². The average molecular weight is 1160 g/mol. The molecule has 0 spiro atoms. The number of fused-ring (bicyclic) bond motifs is 2. The van der Waals surface area contributed by atoms with Crippen LogP contribution in [-0.4, -0.2) is 159 Å². The molecule has 5 rings (SSSR count). The normalized spacial score (nSPS) is 17.1. The molecule has 0 saturated carbocycles. The standard InChI is InChI=1S/C50H69N3O19S3.2Na/c1-6-51(20-9-33-74(60,61)62)37-12-14-40-41(49(2,3)4)35-38(71-44(40)34-37)10-7-11-45-50(5,19-8-32-73(57,58)59)42-36-39(75(63,64)65)13-15-43(42)52(45)21-23-67-25-27-69-29-31-70-30-28-68-26-24-66-22-18-48(56)72-53-46(54)16-17-47(53)55;;/h7,10-15,34-36H,6,8-9,16-33H2,1-5H3,(H2-,57,58,59,60,61,62,63,64,65);;/q;2*+1/p-2. The number of nitrogens with zero attached hydrogens (tertiary/aromatic N) is 3. The number of anilines is 1. The van der Waals surface area contributed by atoms with Crippen LogP contribution in [0.25, 0.3) is 17.4 Å². The van der Waals surface area contributed by atoms with E-state index in [4.69, 9.17) is 32.9 Å². The van der Waals surface area contributed by atoms with Gasteiger partial charge in [-0.1, -0.05) is 26.8 Å². The molecule has 2 amide bonds. The van der Waals surface area contributed by atoms with Gasteiger partial charge in [-0.2, -0.15) is 0 Å². The first kappa shape index (κ1) is 68.3. The Hall–Kier alpha value is -2.93. The third-order valence-corrected chi connectivity index (χ3v) is 14.7. The summed E-state index contributed by atoms with van der Waals surface area (Å²) in [7, 11) is -13.9. The number of ether oxygens (including phenoxy) is 5. The zero-order valence-electron chi connectivity index (χ0n) is 44.9. The number of rotatable bonds is 31. The van der Waals surface area contributed by atoms with Crippen molar-refractivity contribution in [2.75, 3.05) is 102 Å². The van der Waals surface area contributed by atoms with Crippen LogP contribution in [0.5, 0.6) is 0 Å². The van der Waals surface area contributed by atoms with Crippen molar-refractivity contribution in [1.82, 2.24) is 9.64 Å². The number of hydroxylamine groups is 2. The van der Waals surface area contributed by atoms with Crippen LogP contribution < -0.4 is 73.9 Å². The van der Waals surface area contributed by atoms with Crippen LogP contribution in [0.4, 0.5) is 5.69 Å². The summed E-state index contributed by atoms with van der Waals surface area (Å²) in [6.07, 6.45) is 5.37. The molecule has 1 aromatic rings. The van der Waals surface area contributed by atoms with Crippen molar-refractivity contribution >= 4 is 59.9 Å². The molecule has 416 valence electrons. The van der Waals surface area contributed by atoms with Crippen LogP contribution >= 0.6 is 0 Å². The predicted octanol–water partition coefficient (Wildman–Crippen LogP) is -2.60. The minimum absolute atomic E-state index is 0. The van der Waals surface area contributed by atoms with Gasteiger partial charge in [0, 0.05) is 65.7 Å². The van der Waals surface area contributed by atoms with Gasteiger partial charge in [-0.3, -0.25) is 9.59 Å². The summed E-state index contributed by atoms with van der Waals surface area (Å²) in [6.45, 7) is 13.2. The first-order valence-corrected chi connectivity index (χ1v) is 29.1. The Kier molecular flexibility index (Phi) is 27.8. The molecule has 1 unspecified atom stereocenters. The SMILES string of the molecule is CC[N+](CCCS(=O)(=O)[O-])=c1ccc2c(C(C)(C)C)cc(/C=C/C=C3/N(CCOCCOCCOCCOCCOCCC(=O)ON4C(=O)CCC4=O)c4ccc(S(=O)(=O)[O-])cc4C3(C)CCCS(=O)(=O)[O-])oc-2c1.[Na+].[Na+]. The van der Waals surface area contributed by atoms with Crippen LogP contribution in [0.1, 0.15) is 90.0 Å². The topological polar surface area (TPSA) is 301 Å². The van der Waals surface area contributed by atoms with Gasteiger partial charge in [-0.25, -0.2) is 34.6 Å². The van der Waals surface area contributed by atoms with Gasteiger partial charge in [-0.15, -0.1) is 5.06 Å². The van der Waals surface area contributed by atoms with Crippen molar-refractivity contribution in [2.24, 2.45) is 0 Å². The summed E-state index contributed by atoms with van der Waals surface area (Å²) in [5.74, 6) is -1.98. The van der Waals surface area contributed by atoms with Crippen molar-refractivity contribution in [2.45, 2.75) is 88.9 Å². The molecular formula is C50H67N3Na2O19S3. The molecule has 22 nitrogen and oxygen atoms in total. The smallest absolute Gasteiger partial charge is 0.748 e. The fraction of sp³-hybridized carbons (Fsp3) is 0.560. The van der Waals surface area contributed by atoms with Crippen LogP contribution in [0.15, 0.2) is 69.6 Å². The van der Waals surface area contributed by atoms with Gasteiger partial charge in [0.25, 0.3) is 11.8 Å². The number of benzene rings is 2. The minimum Gasteiger partial charge on any atom is -0.748 e. The van der Waals surface area contributed by atoms with E-state index in [2.05, 4.69) is 20.8 Å². The summed E-state index contributed by atoms with van der Waals surface area (Å²) < 4.78 is 142. The second-order valence-corrected chi connectivity index (χ2v) is 23.4. The third-order valence-electron chi connectivity index (χ3n) is 12.3. The third kappa shape index (κ3) is 21.5. The van der Waals surface area contributed by atoms with Crippen LogP contribution in [0.3, 0.4) is 0 Å². The van der Waals surface area contributed by atoms with Gasteiger partial charge < -0.3 is 51.5 Å². The van der Waals surface area contributed by atoms with E-state index >= 15 is 0 Å². The molecule has 0 bridgehead atoms. The van der Waals surface area contributed by atoms with E-state index in [9.17, 15) is 53.3 Å². The zero-order chi connectivity index (χ0) is 55.0. The van der Waals surface area contributed by atoms with E-state index in [1.54, 1.807) is 25.2 Å². The second kappa shape index (κ2) is 31.3. The molecule has 4 aliphatic rings. The summed E-state index contributed by atoms with van der Waals surface area (Å²) in [6, 6.07) is 11.7. The number of carbonyl (C=O) groups is 3. The van der Waals surface area contributed by atoms with Crippen LogP contribution in [-0.2, 0) is 84.1 Å². The van der Waals surface area contributed by atoms with Gasteiger partial charge >= 0.3 is 65.1 Å². The summed E-state index contributed by atoms with van der Waals surface area (Å²) in [5.41, 5.74) is 2.02. The molecular weight excluding hydrogens is 1090 g/mol. The monoisotopic (exact) mass is 1160 g/mol. The van der Waals surface area contributed by atoms with E-state index < -0.39 is 70.0 Å². The molecule has 27 heteroatoms. The number of allylic oxidation sites excluding steroid dienone is 3. The molecule has 0 radical (unpaired) electrons. The molecule has 3 heterocycles. The first-order valence-electron chi connectivity index (χ1n) is 24.6. The van der Waals surface area contributed by atoms with Crippen LogP contribution in [0, 0.1) is 0 Å². The molecule has 1 atom stereocenters. The summed E-state index contributed by atoms with van der Waals surface area (Å²) in [4.78, 5) is 41.1. The Balaban J connectivity index is 0.00000780. The maximum Gasteiger partial charge on any atom is 1.00 e. The predicted molar refractivity (Wildman–Crippen MR) is 270 cm³/mol. The maximum absolute atomic E-state index is 12.3. The van der Waals surface area contributed by atoms with E-state index in [1.165, 1.54) is 18.2 Å². The van der Waals surface area contributed by atoms with Gasteiger partial charge in [0.15, 0.2) is 0 Å².